The Labute approximate surface area is 110 Å². The van der Waals surface area contributed by atoms with E-state index in [-0.39, 0.29) is 0 Å². The van der Waals surface area contributed by atoms with Gasteiger partial charge in [0, 0.05) is 12.3 Å². The predicted octanol–water partition coefficient (Wildman–Crippen LogP) is 1.76. The van der Waals surface area contributed by atoms with Crippen molar-refractivity contribution in [2.45, 2.75) is 36.3 Å². The summed E-state index contributed by atoms with van der Waals surface area (Å²) in [6, 6.07) is 8.76. The van der Waals surface area contributed by atoms with E-state index < -0.39 is 0 Å². The van der Waals surface area contributed by atoms with Gasteiger partial charge in [0.1, 0.15) is 0 Å². The number of aromatic nitrogens is 4. The summed E-state index contributed by atoms with van der Waals surface area (Å²) in [6.07, 6.45) is 2.38. The van der Waals surface area contributed by atoms with Gasteiger partial charge in [0.25, 0.3) is 0 Å². The summed E-state index contributed by atoms with van der Waals surface area (Å²) < 4.78 is 1.94. The SMILES string of the molecule is NCc1ccccc1CSc1nnnn1C1CC1. The van der Waals surface area contributed by atoms with E-state index in [2.05, 4.69) is 27.7 Å². The highest BCUT2D eigenvalue weighted by atomic mass is 32.2. The van der Waals surface area contributed by atoms with E-state index in [0.29, 0.717) is 12.6 Å². The number of benzene rings is 1. The first kappa shape index (κ1) is 11.7. The summed E-state index contributed by atoms with van der Waals surface area (Å²) >= 11 is 1.68. The molecule has 0 atom stereocenters. The van der Waals surface area contributed by atoms with Gasteiger partial charge in [-0.05, 0) is 34.4 Å². The average Bonchev–Trinajstić information content (AvgIpc) is 3.16. The van der Waals surface area contributed by atoms with E-state index in [1.807, 2.05) is 16.8 Å². The second-order valence-electron chi connectivity index (χ2n) is 4.40. The van der Waals surface area contributed by atoms with Crippen LogP contribution >= 0.6 is 11.8 Å². The van der Waals surface area contributed by atoms with Crippen LogP contribution in [0.3, 0.4) is 0 Å². The van der Waals surface area contributed by atoms with E-state index >= 15 is 0 Å². The van der Waals surface area contributed by atoms with Crippen LogP contribution in [-0.2, 0) is 12.3 Å². The van der Waals surface area contributed by atoms with Gasteiger partial charge in [-0.25, -0.2) is 4.68 Å². The Bertz CT molecular complexity index is 535. The van der Waals surface area contributed by atoms with Gasteiger partial charge in [0.05, 0.1) is 6.04 Å². The van der Waals surface area contributed by atoms with Crippen molar-refractivity contribution in [2.24, 2.45) is 5.73 Å². The minimum Gasteiger partial charge on any atom is -0.326 e. The first-order chi connectivity index (χ1) is 8.88. The Hall–Kier alpha value is -1.40. The first-order valence-electron chi connectivity index (χ1n) is 6.06. The topological polar surface area (TPSA) is 69.6 Å². The fourth-order valence-corrected chi connectivity index (χ4v) is 2.85. The number of hydrogen-bond donors (Lipinski definition) is 1. The fraction of sp³-hybridized carbons (Fsp3) is 0.417. The number of rotatable bonds is 5. The zero-order valence-corrected chi connectivity index (χ0v) is 10.8. The average molecular weight is 261 g/mol. The van der Waals surface area contributed by atoms with Crippen molar-refractivity contribution in [2.75, 3.05) is 0 Å². The van der Waals surface area contributed by atoms with Crippen molar-refractivity contribution in [3.8, 4) is 0 Å². The second-order valence-corrected chi connectivity index (χ2v) is 5.34. The number of tetrazole rings is 1. The molecule has 0 unspecified atom stereocenters. The molecule has 1 aliphatic carbocycles. The monoisotopic (exact) mass is 261 g/mol. The molecule has 0 radical (unpaired) electrons. The van der Waals surface area contributed by atoms with E-state index in [1.165, 1.54) is 24.0 Å². The quantitative estimate of drug-likeness (QED) is 0.830. The van der Waals surface area contributed by atoms with Crippen LogP contribution in [0.15, 0.2) is 29.4 Å². The zero-order valence-electron chi connectivity index (χ0n) is 9.99. The Kier molecular flexibility index (Phi) is 3.29. The minimum absolute atomic E-state index is 0.521. The zero-order chi connectivity index (χ0) is 12.4. The Morgan fingerprint density at radius 2 is 2.06 bits per heavy atom. The molecular weight excluding hydrogens is 246 g/mol. The normalized spacial score (nSPS) is 14.9. The summed E-state index contributed by atoms with van der Waals surface area (Å²) in [5.41, 5.74) is 8.18. The van der Waals surface area contributed by atoms with Crippen molar-refractivity contribution in [3.05, 3.63) is 35.4 Å². The van der Waals surface area contributed by atoms with E-state index in [9.17, 15) is 0 Å². The van der Waals surface area contributed by atoms with Gasteiger partial charge < -0.3 is 5.73 Å². The lowest BCUT2D eigenvalue weighted by Gasteiger charge is -2.06. The summed E-state index contributed by atoms with van der Waals surface area (Å²) in [4.78, 5) is 0. The molecule has 1 aromatic heterocycles. The lowest BCUT2D eigenvalue weighted by molar-refractivity contribution is 0.565. The maximum Gasteiger partial charge on any atom is 0.209 e. The maximum absolute atomic E-state index is 5.73. The minimum atomic E-state index is 0.521. The molecule has 1 aromatic carbocycles. The van der Waals surface area contributed by atoms with Crippen molar-refractivity contribution >= 4 is 11.8 Å². The molecule has 5 nitrogen and oxygen atoms in total. The van der Waals surface area contributed by atoms with Crippen molar-refractivity contribution in [3.63, 3.8) is 0 Å². The van der Waals surface area contributed by atoms with Gasteiger partial charge in [0.15, 0.2) is 0 Å². The van der Waals surface area contributed by atoms with Crippen LogP contribution in [0.25, 0.3) is 0 Å². The second kappa shape index (κ2) is 5.07. The molecule has 1 aliphatic rings. The van der Waals surface area contributed by atoms with Gasteiger partial charge in [0.2, 0.25) is 5.16 Å². The molecule has 0 saturated heterocycles. The molecule has 0 bridgehead atoms. The molecule has 18 heavy (non-hydrogen) atoms. The third-order valence-electron chi connectivity index (χ3n) is 3.05. The number of nitrogens with two attached hydrogens (primary N) is 1. The molecule has 2 aromatic rings. The van der Waals surface area contributed by atoms with Crippen LogP contribution in [-0.4, -0.2) is 20.2 Å². The van der Waals surface area contributed by atoms with Crippen molar-refractivity contribution in [1.29, 1.82) is 0 Å². The molecule has 1 heterocycles. The highest BCUT2D eigenvalue weighted by Crippen LogP contribution is 2.36. The van der Waals surface area contributed by atoms with Gasteiger partial charge in [-0.2, -0.15) is 0 Å². The van der Waals surface area contributed by atoms with Crippen LogP contribution in [0.4, 0.5) is 0 Å². The number of thioether (sulfide) groups is 1. The molecule has 6 heteroatoms. The Balaban J connectivity index is 1.71. The molecule has 0 amide bonds. The molecule has 0 aliphatic heterocycles. The summed E-state index contributed by atoms with van der Waals surface area (Å²) in [5, 5.41) is 12.8. The Morgan fingerprint density at radius 3 is 2.78 bits per heavy atom. The molecule has 2 N–H and O–H groups in total. The molecule has 3 rings (SSSR count). The molecule has 0 spiro atoms. The highest BCUT2D eigenvalue weighted by Gasteiger charge is 2.27. The third-order valence-corrected chi connectivity index (χ3v) is 4.03. The Morgan fingerprint density at radius 1 is 1.28 bits per heavy atom. The van der Waals surface area contributed by atoms with Crippen LogP contribution < -0.4 is 5.73 Å². The molecule has 94 valence electrons. The summed E-state index contributed by atoms with van der Waals surface area (Å²) in [6.45, 7) is 0.574. The molecule has 1 saturated carbocycles. The van der Waals surface area contributed by atoms with Gasteiger partial charge in [-0.1, -0.05) is 36.0 Å². The third kappa shape index (κ3) is 2.39. The lowest BCUT2D eigenvalue weighted by atomic mass is 10.1. The summed E-state index contributed by atoms with van der Waals surface area (Å²) in [7, 11) is 0. The van der Waals surface area contributed by atoms with Crippen LogP contribution in [0.5, 0.6) is 0 Å². The first-order valence-corrected chi connectivity index (χ1v) is 7.04. The van der Waals surface area contributed by atoms with Crippen LogP contribution in [0, 0.1) is 0 Å². The summed E-state index contributed by atoms with van der Waals surface area (Å²) in [5.74, 6) is 0.862. The van der Waals surface area contributed by atoms with E-state index in [1.54, 1.807) is 11.8 Å². The number of nitrogens with zero attached hydrogens (tertiary/aromatic N) is 4. The largest absolute Gasteiger partial charge is 0.326 e. The maximum atomic E-state index is 5.73. The predicted molar refractivity (Wildman–Crippen MR) is 70.0 cm³/mol. The standard InChI is InChI=1S/C12H15N5S/c13-7-9-3-1-2-4-10(9)8-18-12-14-15-16-17(12)11-5-6-11/h1-4,11H,5-8,13H2. The van der Waals surface area contributed by atoms with E-state index in [4.69, 9.17) is 5.73 Å². The van der Waals surface area contributed by atoms with E-state index in [0.717, 1.165) is 10.9 Å². The van der Waals surface area contributed by atoms with Crippen LogP contribution in [0.2, 0.25) is 0 Å². The van der Waals surface area contributed by atoms with Crippen molar-refractivity contribution < 1.29 is 0 Å². The fourth-order valence-electron chi connectivity index (χ4n) is 1.87. The number of hydrogen-bond acceptors (Lipinski definition) is 5. The molecule has 1 fully saturated rings. The lowest BCUT2D eigenvalue weighted by Crippen LogP contribution is -2.02. The van der Waals surface area contributed by atoms with Gasteiger partial charge in [-0.3, -0.25) is 0 Å². The van der Waals surface area contributed by atoms with Crippen molar-refractivity contribution in [1.82, 2.24) is 20.2 Å². The highest BCUT2D eigenvalue weighted by molar-refractivity contribution is 7.98. The molecular formula is C12H15N5S. The van der Waals surface area contributed by atoms with Crippen LogP contribution in [0.1, 0.15) is 30.0 Å². The van der Waals surface area contributed by atoms with Gasteiger partial charge >= 0.3 is 0 Å². The van der Waals surface area contributed by atoms with Gasteiger partial charge in [-0.15, -0.1) is 5.10 Å². The smallest absolute Gasteiger partial charge is 0.209 e.